The van der Waals surface area contributed by atoms with Crippen LogP contribution in [0, 0.1) is 5.92 Å². The maximum absolute atomic E-state index is 10.7. The van der Waals surface area contributed by atoms with Gasteiger partial charge in [0.05, 0.1) is 0 Å². The first kappa shape index (κ1) is 8.47. The average molecular weight is 176 g/mol. The minimum atomic E-state index is -0.111. The van der Waals surface area contributed by atoms with Crippen molar-refractivity contribution in [1.29, 1.82) is 0 Å². The van der Waals surface area contributed by atoms with E-state index >= 15 is 0 Å². The molecule has 0 spiro atoms. The van der Waals surface area contributed by atoms with Gasteiger partial charge < -0.3 is 4.79 Å². The van der Waals surface area contributed by atoms with Gasteiger partial charge in [-0.05, 0) is 5.92 Å². The average Bonchev–Trinajstić information content (AvgIpc) is 2.35. The molecule has 0 N–H and O–H groups in total. The number of hydrogen-bond donors (Lipinski definition) is 0. The molecular weight excluding hydrogens is 164 g/mol. The van der Waals surface area contributed by atoms with Crippen LogP contribution in [-0.2, 0) is 4.79 Å². The SMILES string of the molecule is CC(C)C1(C=O)SCCS1. The highest BCUT2D eigenvalue weighted by molar-refractivity contribution is 8.22. The molecule has 58 valence electrons. The van der Waals surface area contributed by atoms with Crippen LogP contribution in [0.15, 0.2) is 0 Å². The Balaban J connectivity index is 2.67. The lowest BCUT2D eigenvalue weighted by Crippen LogP contribution is -2.26. The van der Waals surface area contributed by atoms with E-state index in [1.807, 2.05) is 0 Å². The molecule has 0 saturated carbocycles. The molecule has 0 atom stereocenters. The van der Waals surface area contributed by atoms with Crippen LogP contribution in [0.2, 0.25) is 0 Å². The van der Waals surface area contributed by atoms with Crippen molar-refractivity contribution in [3.63, 3.8) is 0 Å². The standard InChI is InChI=1S/C7H12OS2/c1-6(2)7(5-8)9-3-4-10-7/h5-6H,3-4H2,1-2H3. The van der Waals surface area contributed by atoms with Gasteiger partial charge in [0.1, 0.15) is 10.4 Å². The molecule has 0 unspecified atom stereocenters. The Labute approximate surface area is 70.3 Å². The zero-order chi connectivity index (χ0) is 7.61. The Morgan fingerprint density at radius 3 is 2.10 bits per heavy atom. The molecule has 0 radical (unpaired) electrons. The molecule has 3 heteroatoms. The monoisotopic (exact) mass is 176 g/mol. The molecule has 1 rings (SSSR count). The van der Waals surface area contributed by atoms with Crippen LogP contribution in [0.4, 0.5) is 0 Å². The van der Waals surface area contributed by atoms with E-state index in [9.17, 15) is 4.79 Å². The molecule has 1 aliphatic heterocycles. The summed E-state index contributed by atoms with van der Waals surface area (Å²) in [5, 5.41) is 0. The van der Waals surface area contributed by atoms with Gasteiger partial charge in [0, 0.05) is 11.5 Å². The Kier molecular flexibility index (Phi) is 2.69. The minimum Gasteiger partial charge on any atom is -0.301 e. The van der Waals surface area contributed by atoms with Gasteiger partial charge in [-0.2, -0.15) is 0 Å². The van der Waals surface area contributed by atoms with Crippen molar-refractivity contribution in [2.45, 2.75) is 17.9 Å². The molecule has 1 heterocycles. The largest absolute Gasteiger partial charge is 0.301 e. The van der Waals surface area contributed by atoms with Gasteiger partial charge in [0.25, 0.3) is 0 Å². The summed E-state index contributed by atoms with van der Waals surface area (Å²) in [5.41, 5.74) is 0. The lowest BCUT2D eigenvalue weighted by molar-refractivity contribution is -0.108. The quantitative estimate of drug-likeness (QED) is 0.599. The number of rotatable bonds is 2. The van der Waals surface area contributed by atoms with Gasteiger partial charge in [0.15, 0.2) is 0 Å². The van der Waals surface area contributed by atoms with Crippen molar-refractivity contribution < 1.29 is 4.79 Å². The molecule has 1 saturated heterocycles. The lowest BCUT2D eigenvalue weighted by Gasteiger charge is -2.24. The summed E-state index contributed by atoms with van der Waals surface area (Å²) in [7, 11) is 0. The molecule has 0 amide bonds. The van der Waals surface area contributed by atoms with E-state index in [0.717, 1.165) is 17.8 Å². The van der Waals surface area contributed by atoms with Crippen LogP contribution in [0.5, 0.6) is 0 Å². The highest BCUT2D eigenvalue weighted by Gasteiger charge is 2.38. The van der Waals surface area contributed by atoms with Gasteiger partial charge in [-0.1, -0.05) is 13.8 Å². The van der Waals surface area contributed by atoms with Crippen LogP contribution >= 0.6 is 23.5 Å². The molecule has 1 aliphatic rings. The summed E-state index contributed by atoms with van der Waals surface area (Å²) in [6.07, 6.45) is 1.11. The third-order valence-corrected chi connectivity index (χ3v) is 5.53. The third kappa shape index (κ3) is 1.35. The van der Waals surface area contributed by atoms with Crippen molar-refractivity contribution >= 4 is 29.8 Å². The maximum Gasteiger partial charge on any atom is 0.146 e. The number of aldehydes is 1. The zero-order valence-electron chi connectivity index (χ0n) is 6.29. The summed E-state index contributed by atoms with van der Waals surface area (Å²) in [4.78, 5) is 10.7. The van der Waals surface area contributed by atoms with Crippen molar-refractivity contribution in [2.75, 3.05) is 11.5 Å². The molecule has 10 heavy (non-hydrogen) atoms. The number of carbonyl (C=O) groups is 1. The molecule has 0 aromatic rings. The van der Waals surface area contributed by atoms with Gasteiger partial charge in [-0.25, -0.2) is 0 Å². The van der Waals surface area contributed by atoms with E-state index in [0.29, 0.717) is 5.92 Å². The van der Waals surface area contributed by atoms with Crippen molar-refractivity contribution in [2.24, 2.45) is 5.92 Å². The summed E-state index contributed by atoms with van der Waals surface area (Å²) in [6, 6.07) is 0. The Hall–Kier alpha value is 0.370. The van der Waals surface area contributed by atoms with Crippen molar-refractivity contribution in [1.82, 2.24) is 0 Å². The summed E-state index contributed by atoms with van der Waals surface area (Å²) in [6.45, 7) is 4.22. The first-order chi connectivity index (χ1) is 4.71. The fourth-order valence-corrected chi connectivity index (χ4v) is 3.92. The molecule has 0 bridgehead atoms. The Bertz CT molecular complexity index is 128. The highest BCUT2D eigenvalue weighted by Crippen LogP contribution is 2.47. The second-order valence-electron chi connectivity index (χ2n) is 2.69. The Morgan fingerprint density at radius 2 is 1.90 bits per heavy atom. The molecule has 1 fully saturated rings. The van der Waals surface area contributed by atoms with Crippen LogP contribution in [0.3, 0.4) is 0 Å². The van der Waals surface area contributed by atoms with Crippen molar-refractivity contribution in [3.8, 4) is 0 Å². The lowest BCUT2D eigenvalue weighted by atomic mass is 10.1. The number of thioether (sulfide) groups is 2. The molecule has 0 aromatic carbocycles. The van der Waals surface area contributed by atoms with Gasteiger partial charge in [-0.3, -0.25) is 0 Å². The number of hydrogen-bond acceptors (Lipinski definition) is 3. The second-order valence-corrected chi connectivity index (χ2v) is 5.69. The van der Waals surface area contributed by atoms with Gasteiger partial charge >= 0.3 is 0 Å². The Morgan fingerprint density at radius 1 is 1.40 bits per heavy atom. The predicted molar refractivity (Wildman–Crippen MR) is 48.5 cm³/mol. The van der Waals surface area contributed by atoms with E-state index in [-0.39, 0.29) is 4.08 Å². The van der Waals surface area contributed by atoms with Crippen LogP contribution in [0.25, 0.3) is 0 Å². The van der Waals surface area contributed by atoms with Crippen LogP contribution in [-0.4, -0.2) is 21.9 Å². The second kappa shape index (κ2) is 3.18. The normalized spacial score (nSPS) is 23.5. The fourth-order valence-electron chi connectivity index (χ4n) is 0.981. The number of carbonyl (C=O) groups excluding carboxylic acids is 1. The molecule has 0 aromatic heterocycles. The third-order valence-electron chi connectivity index (χ3n) is 1.71. The van der Waals surface area contributed by atoms with Crippen LogP contribution < -0.4 is 0 Å². The zero-order valence-corrected chi connectivity index (χ0v) is 7.93. The van der Waals surface area contributed by atoms with E-state index in [4.69, 9.17) is 0 Å². The van der Waals surface area contributed by atoms with E-state index in [1.54, 1.807) is 23.5 Å². The highest BCUT2D eigenvalue weighted by atomic mass is 32.2. The van der Waals surface area contributed by atoms with E-state index in [1.165, 1.54) is 0 Å². The first-order valence-electron chi connectivity index (χ1n) is 3.45. The van der Waals surface area contributed by atoms with Gasteiger partial charge in [0.2, 0.25) is 0 Å². The van der Waals surface area contributed by atoms with Crippen LogP contribution in [0.1, 0.15) is 13.8 Å². The first-order valence-corrected chi connectivity index (χ1v) is 5.42. The smallest absolute Gasteiger partial charge is 0.146 e. The summed E-state index contributed by atoms with van der Waals surface area (Å²) in [5.74, 6) is 2.71. The summed E-state index contributed by atoms with van der Waals surface area (Å²) >= 11 is 3.59. The van der Waals surface area contributed by atoms with E-state index < -0.39 is 0 Å². The predicted octanol–water partition coefficient (Wildman–Crippen LogP) is 2.02. The summed E-state index contributed by atoms with van der Waals surface area (Å²) < 4.78 is -0.111. The molecule has 0 aliphatic carbocycles. The molecular formula is C7H12OS2. The van der Waals surface area contributed by atoms with E-state index in [2.05, 4.69) is 13.8 Å². The fraction of sp³-hybridized carbons (Fsp3) is 0.857. The maximum atomic E-state index is 10.7. The van der Waals surface area contributed by atoms with Gasteiger partial charge in [-0.15, -0.1) is 23.5 Å². The molecule has 1 nitrogen and oxygen atoms in total. The topological polar surface area (TPSA) is 17.1 Å². The minimum absolute atomic E-state index is 0.111. The van der Waals surface area contributed by atoms with Crippen molar-refractivity contribution in [3.05, 3.63) is 0 Å².